The average molecular weight is 365 g/mol. The molecule has 1 amide bonds. The van der Waals surface area contributed by atoms with Gasteiger partial charge in [-0.1, -0.05) is 36.4 Å². The molecular formula is C19H19N5O3. The summed E-state index contributed by atoms with van der Waals surface area (Å²) < 4.78 is 7.35. The second-order valence-electron chi connectivity index (χ2n) is 6.20. The van der Waals surface area contributed by atoms with Gasteiger partial charge >= 0.3 is 0 Å². The topological polar surface area (TPSA) is 93.4 Å². The molecule has 0 bridgehead atoms. The molecule has 0 aliphatic carbocycles. The van der Waals surface area contributed by atoms with Gasteiger partial charge in [0.2, 0.25) is 0 Å². The van der Waals surface area contributed by atoms with Crippen LogP contribution in [-0.2, 0) is 4.74 Å². The lowest BCUT2D eigenvalue weighted by Crippen LogP contribution is -2.49. The molecule has 1 fully saturated rings. The Bertz CT molecular complexity index is 901. The van der Waals surface area contributed by atoms with E-state index in [1.807, 2.05) is 30.3 Å². The molecule has 1 N–H and O–H groups in total. The highest BCUT2D eigenvalue weighted by molar-refractivity contribution is 5.93. The zero-order chi connectivity index (χ0) is 18.6. The Kier molecular flexibility index (Phi) is 4.91. The number of nitrogens with zero attached hydrogens (tertiary/aromatic N) is 5. The molecule has 27 heavy (non-hydrogen) atoms. The summed E-state index contributed by atoms with van der Waals surface area (Å²) in [6.45, 7) is 0.621. The third-order valence-corrected chi connectivity index (χ3v) is 4.57. The van der Waals surface area contributed by atoms with E-state index in [9.17, 15) is 9.90 Å². The van der Waals surface area contributed by atoms with Crippen LogP contribution in [0, 0.1) is 0 Å². The number of benzene rings is 1. The van der Waals surface area contributed by atoms with Gasteiger partial charge in [0.1, 0.15) is 30.3 Å². The number of hydrogen-bond acceptors (Lipinski definition) is 6. The van der Waals surface area contributed by atoms with Gasteiger partial charge in [0.05, 0.1) is 19.3 Å². The number of ether oxygens (including phenoxy) is 1. The van der Waals surface area contributed by atoms with Crippen LogP contribution in [0.25, 0.3) is 5.82 Å². The van der Waals surface area contributed by atoms with Crippen molar-refractivity contribution in [2.45, 2.75) is 12.1 Å². The molecule has 3 aromatic rings. The first-order chi connectivity index (χ1) is 13.3. The second kappa shape index (κ2) is 7.65. The summed E-state index contributed by atoms with van der Waals surface area (Å²) in [6.07, 6.45) is 2.57. The quantitative estimate of drug-likeness (QED) is 0.748. The number of amides is 1. The fraction of sp³-hybridized carbons (Fsp3) is 0.263. The SMILES string of the molecule is O=C(c1cccc(-n2cnnc2)n1)N1CCO[C@H](CO)[C@H]1c1ccccc1. The minimum atomic E-state index is -0.480. The molecule has 4 rings (SSSR count). The Balaban J connectivity index is 1.68. The predicted octanol–water partition coefficient (Wildman–Crippen LogP) is 1.24. The minimum absolute atomic E-state index is 0.169. The van der Waals surface area contributed by atoms with Crippen LogP contribution >= 0.6 is 0 Å². The summed E-state index contributed by atoms with van der Waals surface area (Å²) in [7, 11) is 0. The molecule has 3 heterocycles. The van der Waals surface area contributed by atoms with Crippen molar-refractivity contribution in [3.63, 3.8) is 0 Å². The van der Waals surface area contributed by atoms with Crippen molar-refractivity contribution in [3.05, 3.63) is 72.4 Å². The van der Waals surface area contributed by atoms with Crippen molar-refractivity contribution in [2.75, 3.05) is 19.8 Å². The number of carbonyl (C=O) groups excluding carboxylic acids is 1. The van der Waals surface area contributed by atoms with Crippen LogP contribution in [0.1, 0.15) is 22.1 Å². The smallest absolute Gasteiger partial charge is 0.273 e. The summed E-state index contributed by atoms with van der Waals surface area (Å²) in [6, 6.07) is 14.5. The van der Waals surface area contributed by atoms with Crippen molar-refractivity contribution >= 4 is 5.91 Å². The Morgan fingerprint density at radius 3 is 2.63 bits per heavy atom. The zero-order valence-electron chi connectivity index (χ0n) is 14.5. The Morgan fingerprint density at radius 1 is 1.11 bits per heavy atom. The average Bonchev–Trinajstić information content (AvgIpc) is 3.28. The minimum Gasteiger partial charge on any atom is -0.394 e. The normalized spacial score (nSPS) is 19.8. The molecule has 1 aliphatic rings. The largest absolute Gasteiger partial charge is 0.394 e. The van der Waals surface area contributed by atoms with Crippen LogP contribution in [0.15, 0.2) is 61.2 Å². The number of aliphatic hydroxyl groups excluding tert-OH is 1. The molecule has 1 aliphatic heterocycles. The van der Waals surface area contributed by atoms with E-state index in [0.717, 1.165) is 5.56 Å². The van der Waals surface area contributed by atoms with Crippen molar-refractivity contribution in [3.8, 4) is 5.82 Å². The predicted molar refractivity (Wildman–Crippen MR) is 96.2 cm³/mol. The summed E-state index contributed by atoms with van der Waals surface area (Å²) in [5.41, 5.74) is 1.24. The third kappa shape index (κ3) is 3.44. The standard InChI is InChI=1S/C19H19N5O3/c25-11-16-18(14-5-2-1-3-6-14)24(9-10-27-16)19(26)15-7-4-8-17(22-15)23-12-20-21-13-23/h1-8,12-13,16,18,25H,9-11H2/t16-,18-/m1/s1. The fourth-order valence-corrected chi connectivity index (χ4v) is 3.31. The maximum absolute atomic E-state index is 13.3. The molecule has 1 saturated heterocycles. The number of carbonyl (C=O) groups is 1. The highest BCUT2D eigenvalue weighted by Crippen LogP contribution is 2.30. The Hall–Kier alpha value is -3.10. The van der Waals surface area contributed by atoms with Gasteiger partial charge in [-0.2, -0.15) is 0 Å². The first-order valence-electron chi connectivity index (χ1n) is 8.68. The van der Waals surface area contributed by atoms with E-state index in [1.165, 1.54) is 12.7 Å². The summed E-state index contributed by atoms with van der Waals surface area (Å²) >= 11 is 0. The first kappa shape index (κ1) is 17.3. The maximum atomic E-state index is 13.3. The van der Waals surface area contributed by atoms with Crippen LogP contribution in [0.2, 0.25) is 0 Å². The number of pyridine rings is 1. The molecule has 0 saturated carbocycles. The van der Waals surface area contributed by atoms with Crippen LogP contribution in [0.4, 0.5) is 0 Å². The number of aliphatic hydroxyl groups is 1. The lowest BCUT2D eigenvalue weighted by atomic mass is 9.98. The van der Waals surface area contributed by atoms with E-state index >= 15 is 0 Å². The highest BCUT2D eigenvalue weighted by Gasteiger charge is 2.36. The lowest BCUT2D eigenvalue weighted by molar-refractivity contribution is -0.0812. The van der Waals surface area contributed by atoms with Crippen LogP contribution < -0.4 is 0 Å². The Labute approximate surface area is 156 Å². The summed E-state index contributed by atoms with van der Waals surface area (Å²) in [5.74, 6) is 0.356. The van der Waals surface area contributed by atoms with Crippen molar-refractivity contribution in [1.82, 2.24) is 24.6 Å². The molecule has 2 atom stereocenters. The fourth-order valence-electron chi connectivity index (χ4n) is 3.31. The van der Waals surface area contributed by atoms with Crippen LogP contribution in [-0.4, -0.2) is 61.5 Å². The van der Waals surface area contributed by atoms with Crippen molar-refractivity contribution in [2.24, 2.45) is 0 Å². The van der Waals surface area contributed by atoms with E-state index in [-0.39, 0.29) is 18.6 Å². The number of hydrogen-bond donors (Lipinski definition) is 1. The second-order valence-corrected chi connectivity index (χ2v) is 6.20. The van der Waals surface area contributed by atoms with Gasteiger partial charge in [-0.25, -0.2) is 4.98 Å². The van der Waals surface area contributed by atoms with Crippen LogP contribution in [0.5, 0.6) is 0 Å². The number of rotatable bonds is 4. The van der Waals surface area contributed by atoms with E-state index in [4.69, 9.17) is 4.74 Å². The molecular weight excluding hydrogens is 346 g/mol. The van der Waals surface area contributed by atoms with Crippen molar-refractivity contribution in [1.29, 1.82) is 0 Å². The van der Waals surface area contributed by atoms with Gasteiger partial charge in [0.15, 0.2) is 0 Å². The molecule has 8 nitrogen and oxygen atoms in total. The molecule has 1 aromatic carbocycles. The lowest BCUT2D eigenvalue weighted by Gasteiger charge is -2.40. The Morgan fingerprint density at radius 2 is 1.89 bits per heavy atom. The summed E-state index contributed by atoms with van der Waals surface area (Å²) in [5, 5.41) is 17.3. The van der Waals surface area contributed by atoms with Gasteiger partial charge in [-0.05, 0) is 17.7 Å². The maximum Gasteiger partial charge on any atom is 0.273 e. The highest BCUT2D eigenvalue weighted by atomic mass is 16.5. The molecule has 2 aromatic heterocycles. The zero-order valence-corrected chi connectivity index (χ0v) is 14.5. The van der Waals surface area contributed by atoms with E-state index in [1.54, 1.807) is 27.7 Å². The van der Waals surface area contributed by atoms with Gasteiger partial charge in [0, 0.05) is 6.54 Å². The van der Waals surface area contributed by atoms with Gasteiger partial charge in [-0.15, -0.1) is 10.2 Å². The monoisotopic (exact) mass is 365 g/mol. The van der Waals surface area contributed by atoms with Gasteiger partial charge < -0.3 is 14.7 Å². The van der Waals surface area contributed by atoms with E-state index in [0.29, 0.717) is 24.7 Å². The van der Waals surface area contributed by atoms with Gasteiger partial charge in [0.25, 0.3) is 5.91 Å². The third-order valence-electron chi connectivity index (χ3n) is 4.57. The molecule has 0 spiro atoms. The molecule has 0 unspecified atom stereocenters. The van der Waals surface area contributed by atoms with Crippen LogP contribution in [0.3, 0.4) is 0 Å². The number of aromatic nitrogens is 4. The van der Waals surface area contributed by atoms with E-state index in [2.05, 4.69) is 15.2 Å². The number of morpholine rings is 1. The molecule has 138 valence electrons. The van der Waals surface area contributed by atoms with Crippen molar-refractivity contribution < 1.29 is 14.6 Å². The summed E-state index contributed by atoms with van der Waals surface area (Å²) in [4.78, 5) is 19.4. The van der Waals surface area contributed by atoms with E-state index < -0.39 is 6.10 Å². The first-order valence-corrected chi connectivity index (χ1v) is 8.68. The van der Waals surface area contributed by atoms with Gasteiger partial charge in [-0.3, -0.25) is 9.36 Å². The molecule has 0 radical (unpaired) electrons. The molecule has 8 heteroatoms.